The molecule has 2 heterocycles. The average Bonchev–Trinajstić information content (AvgIpc) is 3.01. The number of amides is 2. The summed E-state index contributed by atoms with van der Waals surface area (Å²) in [6, 6.07) is -0.522. The summed E-state index contributed by atoms with van der Waals surface area (Å²) in [5.41, 5.74) is 5.56. The first-order valence-electron chi connectivity index (χ1n) is 8.05. The molecule has 2 saturated heterocycles. The van der Waals surface area contributed by atoms with Crippen molar-refractivity contribution in [2.45, 2.75) is 44.9 Å². The molecular formula is C15H28ClN3O4. The number of hydrogen-bond donors (Lipinski definition) is 2. The zero-order valence-electron chi connectivity index (χ0n) is 13.8. The fourth-order valence-corrected chi connectivity index (χ4v) is 2.81. The number of carbonyl (C=O) groups is 2. The van der Waals surface area contributed by atoms with Crippen LogP contribution in [0.15, 0.2) is 0 Å². The van der Waals surface area contributed by atoms with Gasteiger partial charge in [-0.25, -0.2) is 0 Å². The first-order chi connectivity index (χ1) is 10.5. The molecule has 0 radical (unpaired) electrons. The summed E-state index contributed by atoms with van der Waals surface area (Å²) in [6.45, 7) is 6.54. The Kier molecular flexibility index (Phi) is 8.25. The maximum Gasteiger partial charge on any atom is 0.249 e. The highest BCUT2D eigenvalue weighted by molar-refractivity contribution is 5.89. The van der Waals surface area contributed by atoms with Crippen molar-refractivity contribution in [3.05, 3.63) is 0 Å². The Bertz CT molecular complexity index is 402. The van der Waals surface area contributed by atoms with Crippen LogP contribution in [0.25, 0.3) is 0 Å². The molecule has 8 heteroatoms. The van der Waals surface area contributed by atoms with Gasteiger partial charge in [0.05, 0.1) is 19.3 Å². The van der Waals surface area contributed by atoms with E-state index in [0.717, 1.165) is 6.42 Å². The predicted octanol–water partition coefficient (Wildman–Crippen LogP) is -0.0859. The Balaban J connectivity index is 0.00000264. The molecule has 0 bridgehead atoms. The van der Waals surface area contributed by atoms with Gasteiger partial charge in [-0.3, -0.25) is 9.59 Å². The highest BCUT2D eigenvalue weighted by Gasteiger charge is 2.35. The number of carbonyl (C=O) groups excluding carboxylic acids is 2. The number of nitrogens with zero attached hydrogens (tertiary/aromatic N) is 1. The second-order valence-corrected chi connectivity index (χ2v) is 6.23. The second kappa shape index (κ2) is 9.42. The number of rotatable bonds is 5. The van der Waals surface area contributed by atoms with Crippen LogP contribution >= 0.6 is 12.4 Å². The molecule has 0 aromatic carbocycles. The van der Waals surface area contributed by atoms with Gasteiger partial charge in [0.15, 0.2) is 0 Å². The number of nitrogens with two attached hydrogens (primary N) is 1. The summed E-state index contributed by atoms with van der Waals surface area (Å²) < 4.78 is 10.9. The smallest absolute Gasteiger partial charge is 0.249 e. The van der Waals surface area contributed by atoms with Crippen molar-refractivity contribution in [1.82, 2.24) is 10.2 Å². The van der Waals surface area contributed by atoms with Gasteiger partial charge in [0.25, 0.3) is 0 Å². The normalized spacial score (nSPS) is 25.8. The van der Waals surface area contributed by atoms with Gasteiger partial charge in [0.2, 0.25) is 11.8 Å². The molecule has 0 aliphatic carbocycles. The summed E-state index contributed by atoms with van der Waals surface area (Å²) in [5, 5.41) is 2.86. The van der Waals surface area contributed by atoms with Gasteiger partial charge in [-0.1, -0.05) is 13.8 Å². The van der Waals surface area contributed by atoms with E-state index in [1.807, 2.05) is 13.8 Å². The van der Waals surface area contributed by atoms with Gasteiger partial charge in [-0.05, 0) is 18.8 Å². The molecule has 23 heavy (non-hydrogen) atoms. The van der Waals surface area contributed by atoms with E-state index >= 15 is 0 Å². The van der Waals surface area contributed by atoms with Crippen LogP contribution in [0.4, 0.5) is 0 Å². The Morgan fingerprint density at radius 3 is 2.43 bits per heavy atom. The number of hydrogen-bond acceptors (Lipinski definition) is 5. The molecule has 2 amide bonds. The van der Waals surface area contributed by atoms with Gasteiger partial charge in [0, 0.05) is 19.6 Å². The Hall–Kier alpha value is -0.890. The van der Waals surface area contributed by atoms with E-state index in [9.17, 15) is 9.59 Å². The minimum atomic E-state index is -0.522. The third-order valence-corrected chi connectivity index (χ3v) is 4.22. The van der Waals surface area contributed by atoms with Crippen molar-refractivity contribution in [1.29, 1.82) is 0 Å². The molecule has 0 saturated carbocycles. The van der Waals surface area contributed by atoms with E-state index < -0.39 is 12.1 Å². The molecule has 2 aliphatic rings. The van der Waals surface area contributed by atoms with Crippen LogP contribution < -0.4 is 11.1 Å². The van der Waals surface area contributed by atoms with Crippen LogP contribution in [0, 0.1) is 5.92 Å². The first-order valence-corrected chi connectivity index (χ1v) is 8.05. The van der Waals surface area contributed by atoms with E-state index in [1.54, 1.807) is 4.90 Å². The molecule has 134 valence electrons. The molecule has 0 aromatic rings. The third kappa shape index (κ3) is 5.31. The maximum atomic E-state index is 12.6. The molecule has 0 aromatic heterocycles. The van der Waals surface area contributed by atoms with Crippen LogP contribution in [-0.4, -0.2) is 67.8 Å². The van der Waals surface area contributed by atoms with E-state index in [1.165, 1.54) is 0 Å². The van der Waals surface area contributed by atoms with Crippen LogP contribution in [0.3, 0.4) is 0 Å². The van der Waals surface area contributed by atoms with E-state index in [0.29, 0.717) is 39.3 Å². The molecule has 2 rings (SSSR count). The fourth-order valence-electron chi connectivity index (χ4n) is 2.81. The van der Waals surface area contributed by atoms with Crippen molar-refractivity contribution in [2.24, 2.45) is 11.7 Å². The summed E-state index contributed by atoms with van der Waals surface area (Å²) in [5.74, 6) is -0.234. The highest BCUT2D eigenvalue weighted by atomic mass is 35.5. The standard InChI is InChI=1S/C15H27N3O4.ClH/c1-10(2)13(15(20)18-5-7-21-8-6-18)17-14(19)12-4-3-11(9-16)22-12;/h10-13H,3-9,16H2,1-2H3,(H,17,19);1H/t11-,12+,13?;/m1./s1. The lowest BCUT2D eigenvalue weighted by Crippen LogP contribution is -2.55. The molecule has 2 aliphatic heterocycles. The maximum absolute atomic E-state index is 12.6. The Labute approximate surface area is 143 Å². The van der Waals surface area contributed by atoms with Crippen LogP contribution in [0.2, 0.25) is 0 Å². The van der Waals surface area contributed by atoms with Crippen molar-refractivity contribution >= 4 is 24.2 Å². The van der Waals surface area contributed by atoms with Gasteiger partial charge < -0.3 is 25.4 Å². The van der Waals surface area contributed by atoms with E-state index in [4.69, 9.17) is 15.2 Å². The van der Waals surface area contributed by atoms with Gasteiger partial charge in [0.1, 0.15) is 12.1 Å². The Morgan fingerprint density at radius 2 is 1.91 bits per heavy atom. The van der Waals surface area contributed by atoms with Crippen molar-refractivity contribution in [3.8, 4) is 0 Å². The Morgan fingerprint density at radius 1 is 1.26 bits per heavy atom. The number of nitrogens with one attached hydrogen (secondary N) is 1. The quantitative estimate of drug-likeness (QED) is 0.723. The highest BCUT2D eigenvalue weighted by Crippen LogP contribution is 2.19. The third-order valence-electron chi connectivity index (χ3n) is 4.22. The minimum absolute atomic E-state index is 0. The summed E-state index contributed by atoms with van der Waals surface area (Å²) in [4.78, 5) is 26.7. The van der Waals surface area contributed by atoms with Crippen molar-refractivity contribution in [3.63, 3.8) is 0 Å². The van der Waals surface area contributed by atoms with E-state index in [2.05, 4.69) is 5.32 Å². The van der Waals surface area contributed by atoms with Gasteiger partial charge >= 0.3 is 0 Å². The molecule has 0 spiro atoms. The number of halogens is 1. The van der Waals surface area contributed by atoms with Crippen LogP contribution in [-0.2, 0) is 19.1 Å². The van der Waals surface area contributed by atoms with Crippen LogP contribution in [0.5, 0.6) is 0 Å². The first kappa shape index (κ1) is 20.2. The lowest BCUT2D eigenvalue weighted by Gasteiger charge is -2.32. The molecule has 3 atom stereocenters. The van der Waals surface area contributed by atoms with E-state index in [-0.39, 0.29) is 36.2 Å². The second-order valence-electron chi connectivity index (χ2n) is 6.23. The van der Waals surface area contributed by atoms with Crippen molar-refractivity contribution < 1.29 is 19.1 Å². The topological polar surface area (TPSA) is 93.9 Å². The van der Waals surface area contributed by atoms with Crippen LogP contribution in [0.1, 0.15) is 26.7 Å². The van der Waals surface area contributed by atoms with Gasteiger partial charge in [-0.2, -0.15) is 0 Å². The average molecular weight is 350 g/mol. The number of ether oxygens (including phenoxy) is 2. The molecule has 3 N–H and O–H groups in total. The molecule has 2 fully saturated rings. The zero-order chi connectivity index (χ0) is 16.1. The molecule has 1 unspecified atom stereocenters. The number of morpholine rings is 1. The summed E-state index contributed by atoms with van der Waals surface area (Å²) in [7, 11) is 0. The monoisotopic (exact) mass is 349 g/mol. The summed E-state index contributed by atoms with van der Waals surface area (Å²) in [6.07, 6.45) is 0.901. The summed E-state index contributed by atoms with van der Waals surface area (Å²) >= 11 is 0. The fraction of sp³-hybridized carbons (Fsp3) is 0.867. The zero-order valence-corrected chi connectivity index (χ0v) is 14.6. The molecular weight excluding hydrogens is 322 g/mol. The van der Waals surface area contributed by atoms with Crippen molar-refractivity contribution in [2.75, 3.05) is 32.8 Å². The molecule has 7 nitrogen and oxygen atoms in total. The minimum Gasteiger partial charge on any atom is -0.378 e. The lowest BCUT2D eigenvalue weighted by molar-refractivity contribution is -0.143. The lowest BCUT2D eigenvalue weighted by atomic mass is 10.0. The largest absolute Gasteiger partial charge is 0.378 e. The predicted molar refractivity (Wildman–Crippen MR) is 88.4 cm³/mol. The van der Waals surface area contributed by atoms with Gasteiger partial charge in [-0.15, -0.1) is 12.4 Å². The SMILES string of the molecule is CC(C)C(NC(=O)[C@@H]1CC[C@H](CN)O1)C(=O)N1CCOCC1.Cl.